The average molecular weight is 132 g/mol. The lowest BCUT2D eigenvalue weighted by atomic mass is 10.5. The summed E-state index contributed by atoms with van der Waals surface area (Å²) in [7, 11) is 1.62. The van der Waals surface area contributed by atoms with E-state index >= 15 is 0 Å². The average Bonchev–Trinajstić information content (AvgIpc) is 2.13. The molecule has 0 aromatic carbocycles. The Morgan fingerprint density at radius 3 is 3.11 bits per heavy atom. The van der Waals surface area contributed by atoms with E-state index in [9.17, 15) is 0 Å². The van der Waals surface area contributed by atoms with E-state index in [-0.39, 0.29) is 6.29 Å². The van der Waals surface area contributed by atoms with Gasteiger partial charge in [0.1, 0.15) is 0 Å². The van der Waals surface area contributed by atoms with Gasteiger partial charge in [-0.2, -0.15) is 0 Å². The molecule has 1 rings (SSSR count). The van der Waals surface area contributed by atoms with Crippen LogP contribution in [0.5, 0.6) is 0 Å². The van der Waals surface area contributed by atoms with Gasteiger partial charge in [-0.15, -0.1) is 0 Å². The van der Waals surface area contributed by atoms with Gasteiger partial charge in [0, 0.05) is 13.7 Å². The maximum atomic E-state index is 5.20. The van der Waals surface area contributed by atoms with Crippen LogP contribution >= 0.6 is 0 Å². The molecule has 3 heteroatoms. The highest BCUT2D eigenvalue weighted by molar-refractivity contribution is 4.46. The zero-order valence-electron chi connectivity index (χ0n) is 5.63. The summed E-state index contributed by atoms with van der Waals surface area (Å²) in [6, 6.07) is 0. The van der Waals surface area contributed by atoms with Gasteiger partial charge in [0.25, 0.3) is 0 Å². The molecule has 0 spiro atoms. The predicted molar refractivity (Wildman–Crippen MR) is 32.2 cm³/mol. The molecule has 3 nitrogen and oxygen atoms in total. The third-order valence-corrected chi connectivity index (χ3v) is 1.25. The van der Waals surface area contributed by atoms with Gasteiger partial charge in [-0.25, -0.2) is 0 Å². The molecule has 9 heavy (non-hydrogen) atoms. The first-order chi connectivity index (χ1) is 4.43. The second-order valence-corrected chi connectivity index (χ2v) is 1.96. The first-order valence-corrected chi connectivity index (χ1v) is 3.15. The molecule has 0 aromatic heterocycles. The van der Waals surface area contributed by atoms with Crippen LogP contribution in [0, 0.1) is 0 Å². The molecular formula is C6H12O3. The van der Waals surface area contributed by atoms with Crippen LogP contribution in [-0.4, -0.2) is 33.2 Å². The van der Waals surface area contributed by atoms with Gasteiger partial charge in [0.05, 0.1) is 13.2 Å². The lowest BCUT2D eigenvalue weighted by Gasteiger charge is -2.10. The lowest BCUT2D eigenvalue weighted by Crippen LogP contribution is -2.19. The summed E-state index contributed by atoms with van der Waals surface area (Å²) in [5.41, 5.74) is 0. The van der Waals surface area contributed by atoms with Crippen molar-refractivity contribution in [2.24, 2.45) is 0 Å². The summed E-state index contributed by atoms with van der Waals surface area (Å²) < 4.78 is 15.3. The van der Waals surface area contributed by atoms with Crippen molar-refractivity contribution in [1.82, 2.24) is 0 Å². The molecule has 0 aliphatic carbocycles. The molecular weight excluding hydrogens is 120 g/mol. The van der Waals surface area contributed by atoms with E-state index in [1.807, 2.05) is 0 Å². The Hall–Kier alpha value is -0.120. The van der Waals surface area contributed by atoms with Crippen molar-refractivity contribution in [3.05, 3.63) is 0 Å². The van der Waals surface area contributed by atoms with Crippen LogP contribution in [0.25, 0.3) is 0 Å². The highest BCUT2D eigenvalue weighted by Gasteiger charge is 2.09. The molecule has 1 aliphatic rings. The van der Waals surface area contributed by atoms with Crippen LogP contribution in [0.2, 0.25) is 0 Å². The van der Waals surface area contributed by atoms with Crippen LogP contribution in [0.4, 0.5) is 0 Å². The number of methoxy groups -OCH3 is 1. The van der Waals surface area contributed by atoms with Crippen molar-refractivity contribution >= 4 is 0 Å². The van der Waals surface area contributed by atoms with E-state index in [4.69, 9.17) is 14.2 Å². The minimum atomic E-state index is -0.146. The Morgan fingerprint density at radius 2 is 2.33 bits per heavy atom. The van der Waals surface area contributed by atoms with Gasteiger partial charge < -0.3 is 14.2 Å². The van der Waals surface area contributed by atoms with Crippen LogP contribution in [0.15, 0.2) is 0 Å². The Morgan fingerprint density at radius 1 is 1.44 bits per heavy atom. The van der Waals surface area contributed by atoms with E-state index in [1.165, 1.54) is 0 Å². The predicted octanol–water partition coefficient (Wildman–Crippen LogP) is 0.396. The molecule has 1 heterocycles. The molecule has 1 aliphatic heterocycles. The van der Waals surface area contributed by atoms with E-state index in [0.717, 1.165) is 19.6 Å². The van der Waals surface area contributed by atoms with Crippen LogP contribution in [-0.2, 0) is 14.2 Å². The molecule has 0 amide bonds. The largest absolute Gasteiger partial charge is 0.376 e. The third kappa shape index (κ3) is 2.30. The Kier molecular flexibility index (Phi) is 2.97. The van der Waals surface area contributed by atoms with Crippen molar-refractivity contribution in [1.29, 1.82) is 0 Å². The number of rotatable bonds is 1. The normalized spacial score (nSPS) is 29.7. The minimum absolute atomic E-state index is 0.146. The zero-order valence-corrected chi connectivity index (χ0v) is 5.63. The van der Waals surface area contributed by atoms with Gasteiger partial charge in [0.2, 0.25) is 0 Å². The number of hydrogen-bond acceptors (Lipinski definition) is 3. The van der Waals surface area contributed by atoms with Crippen LogP contribution in [0.1, 0.15) is 6.42 Å². The van der Waals surface area contributed by atoms with Crippen molar-refractivity contribution in [3.63, 3.8) is 0 Å². The topological polar surface area (TPSA) is 27.7 Å². The van der Waals surface area contributed by atoms with Crippen LogP contribution < -0.4 is 0 Å². The summed E-state index contributed by atoms with van der Waals surface area (Å²) in [5, 5.41) is 0. The van der Waals surface area contributed by atoms with Crippen molar-refractivity contribution in [3.8, 4) is 0 Å². The molecule has 0 radical (unpaired) electrons. The molecule has 1 fully saturated rings. The van der Waals surface area contributed by atoms with Crippen molar-refractivity contribution in [2.45, 2.75) is 12.7 Å². The maximum absolute atomic E-state index is 5.20. The van der Waals surface area contributed by atoms with E-state index < -0.39 is 0 Å². The molecule has 0 N–H and O–H groups in total. The summed E-state index contributed by atoms with van der Waals surface area (Å²) in [4.78, 5) is 0. The maximum Gasteiger partial charge on any atom is 0.180 e. The molecule has 1 unspecified atom stereocenters. The monoisotopic (exact) mass is 132 g/mol. The quantitative estimate of drug-likeness (QED) is 0.516. The smallest absolute Gasteiger partial charge is 0.180 e. The molecule has 1 atom stereocenters. The van der Waals surface area contributed by atoms with Crippen molar-refractivity contribution in [2.75, 3.05) is 26.9 Å². The fourth-order valence-corrected chi connectivity index (χ4v) is 0.740. The third-order valence-electron chi connectivity index (χ3n) is 1.25. The van der Waals surface area contributed by atoms with Crippen molar-refractivity contribution < 1.29 is 14.2 Å². The summed E-state index contributed by atoms with van der Waals surface area (Å²) >= 11 is 0. The summed E-state index contributed by atoms with van der Waals surface area (Å²) in [5.74, 6) is 0. The highest BCUT2D eigenvalue weighted by Crippen LogP contribution is 2.00. The Labute approximate surface area is 54.9 Å². The Bertz CT molecular complexity index is 66.7. The van der Waals surface area contributed by atoms with Crippen LogP contribution in [0.3, 0.4) is 0 Å². The van der Waals surface area contributed by atoms with Gasteiger partial charge in [-0.3, -0.25) is 0 Å². The fourth-order valence-electron chi connectivity index (χ4n) is 0.740. The van der Waals surface area contributed by atoms with Gasteiger partial charge in [0.15, 0.2) is 6.29 Å². The van der Waals surface area contributed by atoms with E-state index in [1.54, 1.807) is 7.11 Å². The molecule has 54 valence electrons. The highest BCUT2D eigenvalue weighted by atomic mass is 16.7. The lowest BCUT2D eigenvalue weighted by molar-refractivity contribution is -0.137. The zero-order chi connectivity index (χ0) is 6.53. The second-order valence-electron chi connectivity index (χ2n) is 1.96. The van der Waals surface area contributed by atoms with Gasteiger partial charge in [-0.1, -0.05) is 0 Å². The van der Waals surface area contributed by atoms with E-state index in [2.05, 4.69) is 0 Å². The molecule has 1 saturated heterocycles. The fraction of sp³-hybridized carbons (Fsp3) is 1.00. The minimum Gasteiger partial charge on any atom is -0.376 e. The van der Waals surface area contributed by atoms with Gasteiger partial charge in [-0.05, 0) is 6.42 Å². The first-order valence-electron chi connectivity index (χ1n) is 3.15. The molecule has 0 aromatic rings. The standard InChI is InChI=1S/C6H12O3/c1-7-6-5-8-3-2-4-9-6/h6H,2-5H2,1H3. The SMILES string of the molecule is COC1COCCCO1. The second kappa shape index (κ2) is 3.82. The summed E-state index contributed by atoms with van der Waals surface area (Å²) in [6.45, 7) is 2.11. The van der Waals surface area contributed by atoms with Gasteiger partial charge >= 0.3 is 0 Å². The Balaban J connectivity index is 2.18. The first kappa shape index (κ1) is 6.99. The molecule has 0 bridgehead atoms. The van der Waals surface area contributed by atoms with E-state index in [0.29, 0.717) is 6.61 Å². The molecule has 0 saturated carbocycles. The number of hydrogen-bond donors (Lipinski definition) is 0. The number of ether oxygens (including phenoxy) is 3. The summed E-state index contributed by atoms with van der Waals surface area (Å²) in [6.07, 6.45) is 0.826.